The Hall–Kier alpha value is -2.81. The molecule has 2 unspecified atom stereocenters. The van der Waals surface area contributed by atoms with E-state index >= 15 is 0 Å². The number of halogens is 4. The fraction of sp³-hybridized carbons (Fsp3) is 0.409. The van der Waals surface area contributed by atoms with Crippen molar-refractivity contribution in [3.8, 4) is 5.75 Å². The number of alkyl halides is 3. The van der Waals surface area contributed by atoms with E-state index in [-0.39, 0.29) is 11.6 Å². The van der Waals surface area contributed by atoms with E-state index in [1.165, 1.54) is 12.1 Å². The van der Waals surface area contributed by atoms with Crippen molar-refractivity contribution in [3.63, 3.8) is 0 Å². The standard InChI is InChI=1S/C22H24F4N2O3/c1-30-19-6-2-4-15(12-19)16-5-3-11-28(13-16)14-20(22(24,25)26)31-21(29)27-18-9-7-17(23)8-10-18/h2,4,6-10,12,16,20H,3,5,11,13-14H2,1H3,(H,27,29). The predicted molar refractivity (Wildman–Crippen MR) is 108 cm³/mol. The minimum atomic E-state index is -4.72. The maximum Gasteiger partial charge on any atom is 0.426 e. The van der Waals surface area contributed by atoms with Crippen LogP contribution in [0.1, 0.15) is 24.3 Å². The van der Waals surface area contributed by atoms with Gasteiger partial charge in [-0.3, -0.25) is 10.2 Å². The summed E-state index contributed by atoms with van der Waals surface area (Å²) in [5, 5.41) is 2.20. The second kappa shape index (κ2) is 10.00. The highest BCUT2D eigenvalue weighted by Crippen LogP contribution is 2.31. The van der Waals surface area contributed by atoms with Crippen LogP contribution in [0.3, 0.4) is 0 Å². The van der Waals surface area contributed by atoms with Crippen LogP contribution in [-0.4, -0.2) is 50.0 Å². The van der Waals surface area contributed by atoms with Crippen LogP contribution in [0.2, 0.25) is 0 Å². The lowest BCUT2D eigenvalue weighted by atomic mass is 9.90. The Morgan fingerprint density at radius 2 is 1.97 bits per heavy atom. The lowest BCUT2D eigenvalue weighted by Gasteiger charge is -2.35. The molecule has 5 nitrogen and oxygen atoms in total. The molecule has 2 atom stereocenters. The first-order valence-electron chi connectivity index (χ1n) is 9.91. The van der Waals surface area contributed by atoms with E-state index in [1.54, 1.807) is 12.0 Å². The van der Waals surface area contributed by atoms with Gasteiger partial charge >= 0.3 is 12.3 Å². The third-order valence-corrected chi connectivity index (χ3v) is 5.20. The molecule has 1 amide bonds. The zero-order valence-corrected chi connectivity index (χ0v) is 17.0. The van der Waals surface area contributed by atoms with E-state index < -0.39 is 30.7 Å². The van der Waals surface area contributed by atoms with Crippen molar-refractivity contribution < 1.29 is 31.8 Å². The van der Waals surface area contributed by atoms with Crippen LogP contribution in [0.4, 0.5) is 28.0 Å². The molecule has 9 heteroatoms. The van der Waals surface area contributed by atoms with E-state index in [0.29, 0.717) is 18.8 Å². The quantitative estimate of drug-likeness (QED) is 0.628. The molecule has 3 rings (SSSR count). The van der Waals surface area contributed by atoms with E-state index in [0.717, 1.165) is 30.5 Å². The average Bonchev–Trinajstić information content (AvgIpc) is 2.74. The SMILES string of the molecule is COc1cccc(C2CCCN(CC(OC(=O)Nc3ccc(F)cc3)C(F)(F)F)C2)c1. The summed E-state index contributed by atoms with van der Waals surface area (Å²) in [5.41, 5.74) is 1.14. The zero-order chi connectivity index (χ0) is 22.4. The summed E-state index contributed by atoms with van der Waals surface area (Å²) in [4.78, 5) is 13.7. The lowest BCUT2D eigenvalue weighted by Crippen LogP contribution is -2.47. The maximum atomic E-state index is 13.5. The number of carbonyl (C=O) groups excluding carboxylic acids is 1. The molecule has 0 bridgehead atoms. The highest BCUT2D eigenvalue weighted by Gasteiger charge is 2.44. The highest BCUT2D eigenvalue weighted by atomic mass is 19.4. The Balaban J connectivity index is 1.63. The smallest absolute Gasteiger partial charge is 0.426 e. The number of nitrogens with zero attached hydrogens (tertiary/aromatic N) is 1. The first-order valence-corrected chi connectivity index (χ1v) is 9.91. The fourth-order valence-electron chi connectivity index (χ4n) is 3.64. The van der Waals surface area contributed by atoms with Gasteiger partial charge in [0, 0.05) is 18.8 Å². The summed E-state index contributed by atoms with van der Waals surface area (Å²) < 4.78 is 63.5. The molecule has 1 heterocycles. The van der Waals surface area contributed by atoms with Crippen molar-refractivity contribution in [2.24, 2.45) is 0 Å². The molecule has 2 aromatic carbocycles. The maximum absolute atomic E-state index is 13.5. The normalized spacial score (nSPS) is 18.3. The number of methoxy groups -OCH3 is 1. The van der Waals surface area contributed by atoms with Gasteiger partial charge in [-0.05, 0) is 67.3 Å². The Bertz CT molecular complexity index is 874. The number of piperidine rings is 1. The predicted octanol–water partition coefficient (Wildman–Crippen LogP) is 5.19. The van der Waals surface area contributed by atoms with Crippen molar-refractivity contribution >= 4 is 11.8 Å². The molecule has 1 aliphatic rings. The molecule has 2 aromatic rings. The van der Waals surface area contributed by atoms with Crippen LogP contribution in [-0.2, 0) is 4.74 Å². The van der Waals surface area contributed by atoms with Crippen LogP contribution in [0.5, 0.6) is 5.75 Å². The van der Waals surface area contributed by atoms with Crippen molar-refractivity contribution in [2.75, 3.05) is 32.1 Å². The van der Waals surface area contributed by atoms with Gasteiger partial charge in [0.2, 0.25) is 6.10 Å². The summed E-state index contributed by atoms with van der Waals surface area (Å²) in [7, 11) is 1.56. The van der Waals surface area contributed by atoms with Crippen molar-refractivity contribution in [3.05, 3.63) is 59.9 Å². The van der Waals surface area contributed by atoms with Crippen LogP contribution < -0.4 is 10.1 Å². The van der Waals surface area contributed by atoms with Gasteiger partial charge in [0.1, 0.15) is 11.6 Å². The Kier molecular flexibility index (Phi) is 7.37. The van der Waals surface area contributed by atoms with Crippen LogP contribution in [0.25, 0.3) is 0 Å². The van der Waals surface area contributed by atoms with Gasteiger partial charge < -0.3 is 9.47 Å². The van der Waals surface area contributed by atoms with E-state index in [2.05, 4.69) is 5.32 Å². The number of amides is 1. The van der Waals surface area contributed by atoms with E-state index in [4.69, 9.17) is 9.47 Å². The first kappa shape index (κ1) is 22.9. The molecule has 0 aromatic heterocycles. The topological polar surface area (TPSA) is 50.8 Å². The minimum absolute atomic E-state index is 0.0609. The number of carbonyl (C=O) groups is 1. The van der Waals surface area contributed by atoms with E-state index in [9.17, 15) is 22.4 Å². The zero-order valence-electron chi connectivity index (χ0n) is 17.0. The van der Waals surface area contributed by atoms with Gasteiger partial charge in [-0.25, -0.2) is 9.18 Å². The first-order chi connectivity index (χ1) is 14.7. The molecule has 0 radical (unpaired) electrons. The van der Waals surface area contributed by atoms with E-state index in [1.807, 2.05) is 24.3 Å². The van der Waals surface area contributed by atoms with Crippen molar-refractivity contribution in [1.82, 2.24) is 4.90 Å². The van der Waals surface area contributed by atoms with Crippen LogP contribution in [0.15, 0.2) is 48.5 Å². The summed E-state index contributed by atoms with van der Waals surface area (Å²) in [6.45, 7) is 0.444. The molecule has 1 aliphatic heterocycles. The Morgan fingerprint density at radius 1 is 1.23 bits per heavy atom. The Morgan fingerprint density at radius 3 is 2.65 bits per heavy atom. The van der Waals surface area contributed by atoms with Gasteiger partial charge in [-0.1, -0.05) is 12.1 Å². The minimum Gasteiger partial charge on any atom is -0.497 e. The average molecular weight is 440 g/mol. The number of rotatable bonds is 6. The second-order valence-electron chi connectivity index (χ2n) is 7.44. The number of nitrogens with one attached hydrogen (secondary N) is 1. The number of benzene rings is 2. The number of likely N-dealkylation sites (tertiary alicyclic amines) is 1. The molecule has 0 saturated carbocycles. The molecular weight excluding hydrogens is 416 g/mol. The molecule has 1 N–H and O–H groups in total. The molecule has 0 spiro atoms. The largest absolute Gasteiger partial charge is 0.497 e. The number of anilines is 1. The lowest BCUT2D eigenvalue weighted by molar-refractivity contribution is -0.207. The fourth-order valence-corrected chi connectivity index (χ4v) is 3.64. The second-order valence-corrected chi connectivity index (χ2v) is 7.44. The van der Waals surface area contributed by atoms with Gasteiger partial charge in [0.15, 0.2) is 0 Å². The third-order valence-electron chi connectivity index (χ3n) is 5.20. The van der Waals surface area contributed by atoms with Crippen molar-refractivity contribution in [1.29, 1.82) is 0 Å². The summed E-state index contributed by atoms with van der Waals surface area (Å²) in [5.74, 6) is 0.233. The number of ether oxygens (including phenoxy) is 2. The molecule has 168 valence electrons. The molecular formula is C22H24F4N2O3. The van der Waals surface area contributed by atoms with Gasteiger partial charge in [-0.15, -0.1) is 0 Å². The van der Waals surface area contributed by atoms with Gasteiger partial charge in [0.25, 0.3) is 0 Å². The number of hydrogen-bond donors (Lipinski definition) is 1. The summed E-state index contributed by atoms with van der Waals surface area (Å²) in [6, 6.07) is 12.1. The van der Waals surface area contributed by atoms with Gasteiger partial charge in [-0.2, -0.15) is 13.2 Å². The number of hydrogen-bond acceptors (Lipinski definition) is 4. The molecule has 0 aliphatic carbocycles. The monoisotopic (exact) mass is 440 g/mol. The van der Waals surface area contributed by atoms with Gasteiger partial charge in [0.05, 0.1) is 7.11 Å². The van der Waals surface area contributed by atoms with Crippen LogP contribution >= 0.6 is 0 Å². The van der Waals surface area contributed by atoms with Crippen LogP contribution in [0, 0.1) is 5.82 Å². The summed E-state index contributed by atoms with van der Waals surface area (Å²) >= 11 is 0. The van der Waals surface area contributed by atoms with Crippen molar-refractivity contribution in [2.45, 2.75) is 31.0 Å². The Labute approximate surface area is 177 Å². The highest BCUT2D eigenvalue weighted by molar-refractivity contribution is 5.84. The third kappa shape index (κ3) is 6.58. The molecule has 31 heavy (non-hydrogen) atoms. The molecule has 1 fully saturated rings. The molecule has 1 saturated heterocycles. The summed E-state index contributed by atoms with van der Waals surface area (Å²) in [6.07, 6.45) is -6.66.